The summed E-state index contributed by atoms with van der Waals surface area (Å²) in [5, 5.41) is 0.740. The standard InChI is InChI=1S/C26H27N3O2S/c1-2-31-22-13-14-23-24(17-22)28-26(27-23)32-19-25(30)29(18-21-11-7-4-8-12-21)16-15-20-9-5-3-6-10-20/h3-14,17H,2,15-16,18-19H2,1H3,(H,27,28). The van der Waals surface area contributed by atoms with E-state index in [1.165, 1.54) is 17.3 Å². The highest BCUT2D eigenvalue weighted by Gasteiger charge is 2.16. The number of amides is 1. The number of aromatic amines is 1. The molecule has 1 amide bonds. The molecule has 0 bridgehead atoms. The largest absolute Gasteiger partial charge is 0.494 e. The molecule has 0 spiro atoms. The molecule has 1 N–H and O–H groups in total. The van der Waals surface area contributed by atoms with E-state index in [1.54, 1.807) is 0 Å². The van der Waals surface area contributed by atoms with Gasteiger partial charge in [-0.05, 0) is 36.6 Å². The average molecular weight is 446 g/mol. The fourth-order valence-corrected chi connectivity index (χ4v) is 4.30. The van der Waals surface area contributed by atoms with Crippen LogP contribution < -0.4 is 4.74 Å². The summed E-state index contributed by atoms with van der Waals surface area (Å²) in [7, 11) is 0. The van der Waals surface area contributed by atoms with Gasteiger partial charge in [-0.2, -0.15) is 0 Å². The number of ether oxygens (including phenoxy) is 1. The molecule has 0 aliphatic rings. The SMILES string of the molecule is CCOc1ccc2nc(SCC(=O)N(CCc3ccccc3)Cc3ccccc3)[nH]c2c1. The highest BCUT2D eigenvalue weighted by molar-refractivity contribution is 7.99. The Kier molecular flexibility index (Phi) is 7.46. The molecule has 6 heteroatoms. The molecule has 32 heavy (non-hydrogen) atoms. The predicted molar refractivity (Wildman–Crippen MR) is 130 cm³/mol. The Morgan fingerprint density at radius 2 is 1.72 bits per heavy atom. The Hall–Kier alpha value is -3.25. The Bertz CT molecular complexity index is 1150. The van der Waals surface area contributed by atoms with E-state index >= 15 is 0 Å². The summed E-state index contributed by atoms with van der Waals surface area (Å²) in [5.74, 6) is 1.25. The summed E-state index contributed by atoms with van der Waals surface area (Å²) in [6.07, 6.45) is 0.828. The number of nitrogens with zero attached hydrogens (tertiary/aromatic N) is 2. The van der Waals surface area contributed by atoms with Crippen LogP contribution in [0.1, 0.15) is 18.1 Å². The van der Waals surface area contributed by atoms with Crippen molar-refractivity contribution in [3.05, 3.63) is 90.0 Å². The van der Waals surface area contributed by atoms with Crippen LogP contribution in [0.5, 0.6) is 5.75 Å². The predicted octanol–water partition coefficient (Wildman–Crippen LogP) is 5.33. The highest BCUT2D eigenvalue weighted by Crippen LogP contribution is 2.24. The van der Waals surface area contributed by atoms with Crippen LogP contribution in [0.4, 0.5) is 0 Å². The van der Waals surface area contributed by atoms with Crippen molar-refractivity contribution in [2.45, 2.75) is 25.0 Å². The number of hydrogen-bond donors (Lipinski definition) is 1. The smallest absolute Gasteiger partial charge is 0.233 e. The number of fused-ring (bicyclic) bond motifs is 1. The second kappa shape index (κ2) is 10.9. The van der Waals surface area contributed by atoms with E-state index in [4.69, 9.17) is 4.74 Å². The maximum atomic E-state index is 13.1. The first-order valence-corrected chi connectivity index (χ1v) is 11.8. The van der Waals surface area contributed by atoms with Crippen LogP contribution in [0, 0.1) is 0 Å². The van der Waals surface area contributed by atoms with E-state index in [1.807, 2.05) is 66.4 Å². The fourth-order valence-electron chi connectivity index (χ4n) is 3.52. The van der Waals surface area contributed by atoms with Gasteiger partial charge in [-0.15, -0.1) is 0 Å². The number of carbonyl (C=O) groups excluding carboxylic acids is 1. The van der Waals surface area contributed by atoms with Gasteiger partial charge in [-0.25, -0.2) is 4.98 Å². The minimum absolute atomic E-state index is 0.102. The maximum absolute atomic E-state index is 13.1. The highest BCUT2D eigenvalue weighted by atomic mass is 32.2. The first-order valence-electron chi connectivity index (χ1n) is 10.8. The number of rotatable bonds is 10. The quantitative estimate of drug-likeness (QED) is 0.336. The van der Waals surface area contributed by atoms with Crippen molar-refractivity contribution in [3.8, 4) is 5.75 Å². The van der Waals surface area contributed by atoms with Crippen LogP contribution in [-0.4, -0.2) is 39.7 Å². The minimum atomic E-state index is 0.102. The molecular formula is C26H27N3O2S. The van der Waals surface area contributed by atoms with Gasteiger partial charge < -0.3 is 14.6 Å². The first-order chi connectivity index (χ1) is 15.7. The van der Waals surface area contributed by atoms with Crippen LogP contribution in [0.15, 0.2) is 84.0 Å². The van der Waals surface area contributed by atoms with E-state index in [0.717, 1.165) is 33.9 Å². The zero-order valence-corrected chi connectivity index (χ0v) is 19.0. The molecule has 4 rings (SSSR count). The van der Waals surface area contributed by atoms with Crippen molar-refractivity contribution in [3.63, 3.8) is 0 Å². The topological polar surface area (TPSA) is 58.2 Å². The van der Waals surface area contributed by atoms with E-state index < -0.39 is 0 Å². The van der Waals surface area contributed by atoms with Gasteiger partial charge in [0.05, 0.1) is 23.4 Å². The number of benzene rings is 3. The Balaban J connectivity index is 1.42. The van der Waals surface area contributed by atoms with E-state index in [-0.39, 0.29) is 5.91 Å². The molecule has 0 saturated heterocycles. The molecule has 1 heterocycles. The zero-order valence-electron chi connectivity index (χ0n) is 18.2. The summed E-state index contributed by atoms with van der Waals surface area (Å²) < 4.78 is 5.56. The third kappa shape index (κ3) is 5.92. The second-order valence-electron chi connectivity index (χ2n) is 7.48. The molecule has 3 aromatic carbocycles. The fraction of sp³-hybridized carbons (Fsp3) is 0.231. The molecule has 0 unspecified atom stereocenters. The Morgan fingerprint density at radius 3 is 2.44 bits per heavy atom. The molecule has 164 valence electrons. The molecule has 0 aliphatic heterocycles. The molecule has 4 aromatic rings. The Morgan fingerprint density at radius 1 is 1.00 bits per heavy atom. The number of carbonyl (C=O) groups is 1. The molecule has 1 aromatic heterocycles. The van der Waals surface area contributed by atoms with Crippen molar-refractivity contribution in [2.24, 2.45) is 0 Å². The van der Waals surface area contributed by atoms with Gasteiger partial charge in [0, 0.05) is 19.2 Å². The van der Waals surface area contributed by atoms with E-state index in [0.29, 0.717) is 25.4 Å². The number of imidazole rings is 1. The lowest BCUT2D eigenvalue weighted by Gasteiger charge is -2.23. The summed E-state index contributed by atoms with van der Waals surface area (Å²) >= 11 is 1.44. The number of H-pyrrole nitrogens is 1. The molecule has 0 radical (unpaired) electrons. The van der Waals surface area contributed by atoms with Crippen molar-refractivity contribution in [1.29, 1.82) is 0 Å². The summed E-state index contributed by atoms with van der Waals surface area (Å²) in [5.41, 5.74) is 4.14. The molecular weight excluding hydrogens is 418 g/mol. The monoisotopic (exact) mass is 445 g/mol. The number of thioether (sulfide) groups is 1. The van der Waals surface area contributed by atoms with Gasteiger partial charge in [-0.1, -0.05) is 72.4 Å². The Labute approximate surface area is 192 Å². The third-order valence-corrected chi connectivity index (χ3v) is 6.02. The van der Waals surface area contributed by atoms with Crippen molar-refractivity contribution >= 4 is 28.7 Å². The summed E-state index contributed by atoms with van der Waals surface area (Å²) in [6, 6.07) is 26.2. The number of aromatic nitrogens is 2. The number of nitrogens with one attached hydrogen (secondary N) is 1. The van der Waals surface area contributed by atoms with E-state index in [2.05, 4.69) is 34.2 Å². The van der Waals surface area contributed by atoms with Crippen LogP contribution in [0.25, 0.3) is 11.0 Å². The van der Waals surface area contributed by atoms with Gasteiger partial charge >= 0.3 is 0 Å². The van der Waals surface area contributed by atoms with Crippen LogP contribution in [0.2, 0.25) is 0 Å². The van der Waals surface area contributed by atoms with Gasteiger partial charge in [0.1, 0.15) is 5.75 Å². The minimum Gasteiger partial charge on any atom is -0.494 e. The molecule has 0 atom stereocenters. The summed E-state index contributed by atoms with van der Waals surface area (Å²) in [4.78, 5) is 23.0. The van der Waals surface area contributed by atoms with E-state index in [9.17, 15) is 4.79 Å². The van der Waals surface area contributed by atoms with Crippen LogP contribution in [0.3, 0.4) is 0 Å². The summed E-state index contributed by atoms with van der Waals surface area (Å²) in [6.45, 7) is 3.86. The van der Waals surface area contributed by atoms with Gasteiger partial charge in [0.2, 0.25) is 5.91 Å². The molecule has 0 fully saturated rings. The van der Waals surface area contributed by atoms with Crippen LogP contribution >= 0.6 is 11.8 Å². The van der Waals surface area contributed by atoms with Gasteiger partial charge in [0.25, 0.3) is 0 Å². The zero-order chi connectivity index (χ0) is 22.2. The molecule has 5 nitrogen and oxygen atoms in total. The van der Waals surface area contributed by atoms with Gasteiger partial charge in [-0.3, -0.25) is 4.79 Å². The van der Waals surface area contributed by atoms with Crippen LogP contribution in [-0.2, 0) is 17.8 Å². The lowest BCUT2D eigenvalue weighted by atomic mass is 10.1. The lowest BCUT2D eigenvalue weighted by molar-refractivity contribution is -0.128. The van der Waals surface area contributed by atoms with Crippen molar-refractivity contribution in [2.75, 3.05) is 18.9 Å². The number of hydrogen-bond acceptors (Lipinski definition) is 4. The second-order valence-corrected chi connectivity index (χ2v) is 8.44. The van der Waals surface area contributed by atoms with Crippen molar-refractivity contribution in [1.82, 2.24) is 14.9 Å². The molecule has 0 aliphatic carbocycles. The molecule has 0 saturated carbocycles. The normalized spacial score (nSPS) is 10.9. The van der Waals surface area contributed by atoms with Gasteiger partial charge in [0.15, 0.2) is 5.16 Å². The third-order valence-electron chi connectivity index (χ3n) is 5.16. The average Bonchev–Trinajstić information content (AvgIpc) is 3.24. The maximum Gasteiger partial charge on any atom is 0.233 e. The lowest BCUT2D eigenvalue weighted by Crippen LogP contribution is -2.33. The van der Waals surface area contributed by atoms with Crippen molar-refractivity contribution < 1.29 is 9.53 Å². The first kappa shape index (κ1) is 22.0.